The van der Waals surface area contributed by atoms with Crippen molar-refractivity contribution in [1.82, 2.24) is 0 Å². The largest absolute Gasteiger partial charge is 0.165 e. The lowest BCUT2D eigenvalue weighted by Gasteiger charge is -1.95. The Bertz CT molecular complexity index is 67.0. The molecule has 0 aliphatic heterocycles. The highest BCUT2D eigenvalue weighted by molar-refractivity contribution is 7.98. The number of hydrogen-bond acceptors (Lipinski definition) is 1. The van der Waals surface area contributed by atoms with Crippen LogP contribution in [0.2, 0.25) is 0 Å². The molecule has 1 rings (SSSR count). The maximum Gasteiger partial charge on any atom is -0.00703 e. The number of rotatable bonds is 5. The third-order valence-corrected chi connectivity index (χ3v) is 2.44. The molecule has 1 radical (unpaired) electrons. The van der Waals surface area contributed by atoms with Gasteiger partial charge in [-0.2, -0.15) is 11.8 Å². The van der Waals surface area contributed by atoms with Crippen LogP contribution in [0.4, 0.5) is 0 Å². The summed E-state index contributed by atoms with van der Waals surface area (Å²) in [6.07, 6.45) is 10.3. The van der Waals surface area contributed by atoms with E-state index in [-0.39, 0.29) is 0 Å². The second kappa shape index (κ2) is 4.21. The second-order valence-electron chi connectivity index (χ2n) is 2.72. The molecule has 0 nitrogen and oxygen atoms in total. The summed E-state index contributed by atoms with van der Waals surface area (Å²) in [5.74, 6) is 2.37. The van der Waals surface area contributed by atoms with Crippen LogP contribution in [0.3, 0.4) is 0 Å². The predicted molar refractivity (Wildman–Crippen MR) is 44.6 cm³/mol. The molecule has 9 heavy (non-hydrogen) atoms. The number of thioether (sulfide) groups is 1. The quantitative estimate of drug-likeness (QED) is 0.533. The Morgan fingerprint density at radius 1 is 1.56 bits per heavy atom. The van der Waals surface area contributed by atoms with E-state index in [1.54, 1.807) is 0 Å². The average molecular weight is 143 g/mol. The van der Waals surface area contributed by atoms with Crippen molar-refractivity contribution in [3.63, 3.8) is 0 Å². The Hall–Kier alpha value is 0.350. The Balaban J connectivity index is 1.71. The third kappa shape index (κ3) is 3.85. The van der Waals surface area contributed by atoms with E-state index < -0.39 is 0 Å². The fourth-order valence-corrected chi connectivity index (χ4v) is 1.48. The monoisotopic (exact) mass is 143 g/mol. The van der Waals surface area contributed by atoms with Gasteiger partial charge in [0.25, 0.3) is 0 Å². The maximum atomic E-state index is 2.42. The van der Waals surface area contributed by atoms with Crippen molar-refractivity contribution < 1.29 is 0 Å². The number of hydrogen-bond donors (Lipinski definition) is 0. The molecule has 0 aromatic heterocycles. The summed E-state index contributed by atoms with van der Waals surface area (Å²) >= 11 is 1.96. The summed E-state index contributed by atoms with van der Waals surface area (Å²) in [7, 11) is 0. The minimum Gasteiger partial charge on any atom is -0.165 e. The summed E-state index contributed by atoms with van der Waals surface area (Å²) in [4.78, 5) is 0. The molecule has 1 aliphatic carbocycles. The van der Waals surface area contributed by atoms with Gasteiger partial charge < -0.3 is 0 Å². The molecule has 1 unspecified atom stereocenters. The van der Waals surface area contributed by atoms with Gasteiger partial charge in [-0.3, -0.25) is 0 Å². The van der Waals surface area contributed by atoms with Gasteiger partial charge in [-0.15, -0.1) is 0 Å². The lowest BCUT2D eigenvalue weighted by Crippen LogP contribution is -1.80. The topological polar surface area (TPSA) is 0 Å². The Kier molecular flexibility index (Phi) is 3.49. The lowest BCUT2D eigenvalue weighted by molar-refractivity contribution is 0.672. The molecule has 0 aromatic rings. The molecule has 0 saturated heterocycles. The Labute approximate surface area is 62.4 Å². The summed E-state index contributed by atoms with van der Waals surface area (Å²) in [6.45, 7) is 0. The van der Waals surface area contributed by atoms with Crippen molar-refractivity contribution in [2.75, 3.05) is 12.0 Å². The summed E-state index contributed by atoms with van der Waals surface area (Å²) in [5.41, 5.74) is 0. The van der Waals surface area contributed by atoms with E-state index in [4.69, 9.17) is 0 Å². The Morgan fingerprint density at radius 2 is 2.33 bits per heavy atom. The highest BCUT2D eigenvalue weighted by Crippen LogP contribution is 2.32. The van der Waals surface area contributed by atoms with Crippen LogP contribution < -0.4 is 0 Å². The highest BCUT2D eigenvalue weighted by Gasteiger charge is 2.20. The van der Waals surface area contributed by atoms with E-state index in [2.05, 4.69) is 12.7 Å². The molecule has 0 heterocycles. The van der Waals surface area contributed by atoms with Crippen LogP contribution >= 0.6 is 11.8 Å². The van der Waals surface area contributed by atoms with Crippen LogP contribution in [0.1, 0.15) is 25.7 Å². The first-order chi connectivity index (χ1) is 4.43. The van der Waals surface area contributed by atoms with Crippen molar-refractivity contribution >= 4 is 11.8 Å². The molecule has 0 spiro atoms. The molecule has 0 amide bonds. The van der Waals surface area contributed by atoms with Crippen molar-refractivity contribution in [3.8, 4) is 0 Å². The molecule has 1 atom stereocenters. The van der Waals surface area contributed by atoms with Crippen molar-refractivity contribution in [2.45, 2.75) is 25.7 Å². The normalized spacial score (nSPS) is 18.3. The molecule has 0 aromatic carbocycles. The van der Waals surface area contributed by atoms with Gasteiger partial charge in [0.1, 0.15) is 0 Å². The second-order valence-corrected chi connectivity index (χ2v) is 3.71. The van der Waals surface area contributed by atoms with Crippen LogP contribution in [0.15, 0.2) is 0 Å². The molecular formula is C8H15S. The standard InChI is InChI=1S/C8H15S/c1-9-7-3-2-4-8-5-6-8/h5,8H,2-4,6-7H2,1H3. The first kappa shape index (κ1) is 7.46. The first-order valence-electron chi connectivity index (χ1n) is 3.76. The van der Waals surface area contributed by atoms with Gasteiger partial charge in [-0.05, 0) is 37.2 Å². The zero-order valence-electron chi connectivity index (χ0n) is 6.10. The number of unbranched alkanes of at least 4 members (excludes halogenated alkanes) is 1. The van der Waals surface area contributed by atoms with Gasteiger partial charge in [0.05, 0.1) is 0 Å². The molecule has 1 heteroatoms. The maximum absolute atomic E-state index is 2.42. The van der Waals surface area contributed by atoms with Gasteiger partial charge in [0, 0.05) is 0 Å². The van der Waals surface area contributed by atoms with Crippen molar-refractivity contribution in [3.05, 3.63) is 6.42 Å². The van der Waals surface area contributed by atoms with E-state index in [9.17, 15) is 0 Å². The van der Waals surface area contributed by atoms with Gasteiger partial charge in [-0.1, -0.05) is 12.8 Å². The fourth-order valence-electron chi connectivity index (χ4n) is 0.985. The summed E-state index contributed by atoms with van der Waals surface area (Å²) in [5, 5.41) is 0. The lowest BCUT2D eigenvalue weighted by atomic mass is 10.2. The van der Waals surface area contributed by atoms with E-state index >= 15 is 0 Å². The highest BCUT2D eigenvalue weighted by atomic mass is 32.2. The molecule has 0 bridgehead atoms. The molecule has 1 saturated carbocycles. The van der Waals surface area contributed by atoms with Gasteiger partial charge in [0.2, 0.25) is 0 Å². The van der Waals surface area contributed by atoms with Gasteiger partial charge in [0.15, 0.2) is 0 Å². The van der Waals surface area contributed by atoms with Gasteiger partial charge in [-0.25, -0.2) is 0 Å². The first-order valence-corrected chi connectivity index (χ1v) is 5.15. The molecular weight excluding hydrogens is 128 g/mol. The third-order valence-electron chi connectivity index (χ3n) is 1.74. The van der Waals surface area contributed by atoms with Crippen LogP contribution in [0, 0.1) is 12.3 Å². The predicted octanol–water partition coefficient (Wildman–Crippen LogP) is 2.74. The zero-order chi connectivity index (χ0) is 6.53. The summed E-state index contributed by atoms with van der Waals surface area (Å²) < 4.78 is 0. The van der Waals surface area contributed by atoms with E-state index in [0.717, 1.165) is 5.92 Å². The zero-order valence-corrected chi connectivity index (χ0v) is 6.91. The van der Waals surface area contributed by atoms with Crippen LogP contribution in [-0.4, -0.2) is 12.0 Å². The fraction of sp³-hybridized carbons (Fsp3) is 0.875. The van der Waals surface area contributed by atoms with Crippen LogP contribution in [0.25, 0.3) is 0 Å². The Morgan fingerprint density at radius 3 is 2.89 bits per heavy atom. The van der Waals surface area contributed by atoms with Crippen LogP contribution in [0.5, 0.6) is 0 Å². The van der Waals surface area contributed by atoms with E-state index in [0.29, 0.717) is 0 Å². The van der Waals surface area contributed by atoms with Crippen LogP contribution in [-0.2, 0) is 0 Å². The summed E-state index contributed by atoms with van der Waals surface area (Å²) in [6, 6.07) is 0. The minimum absolute atomic E-state index is 1.02. The molecule has 1 fully saturated rings. The molecule has 53 valence electrons. The smallest absolute Gasteiger partial charge is 0.00703 e. The molecule has 0 N–H and O–H groups in total. The minimum atomic E-state index is 1.02. The van der Waals surface area contributed by atoms with Crippen molar-refractivity contribution in [2.24, 2.45) is 5.92 Å². The van der Waals surface area contributed by atoms with Gasteiger partial charge >= 0.3 is 0 Å². The van der Waals surface area contributed by atoms with E-state index in [1.807, 2.05) is 11.8 Å². The molecule has 1 aliphatic rings. The average Bonchev–Trinajstić information content (AvgIpc) is 2.63. The SMILES string of the molecule is CSCCCCC1[CH]C1. The van der Waals surface area contributed by atoms with E-state index in [1.165, 1.54) is 31.4 Å². The van der Waals surface area contributed by atoms with Crippen molar-refractivity contribution in [1.29, 1.82) is 0 Å².